The lowest BCUT2D eigenvalue weighted by Gasteiger charge is -2.26. The molecule has 2 atom stereocenters. The van der Waals surface area contributed by atoms with Crippen LogP contribution >= 0.6 is 0 Å². The molecule has 3 heterocycles. The number of nitrogens with one attached hydrogen (secondary N) is 2. The molecule has 3 aliphatic rings. The molecule has 2 saturated carbocycles. The molecular formula is C27H28F3N5O3. The van der Waals surface area contributed by atoms with Gasteiger partial charge in [0.05, 0.1) is 6.54 Å². The lowest BCUT2D eigenvalue weighted by atomic mass is 9.89. The molecule has 2 aromatic heterocycles. The summed E-state index contributed by atoms with van der Waals surface area (Å²) in [6, 6.07) is 5.72. The van der Waals surface area contributed by atoms with Gasteiger partial charge in [0.15, 0.2) is 5.58 Å². The number of halogens is 3. The fourth-order valence-electron chi connectivity index (χ4n) is 5.50. The molecule has 3 amide bonds. The summed E-state index contributed by atoms with van der Waals surface area (Å²) in [5.41, 5.74) is 2.83. The Kier molecular flexibility index (Phi) is 6.03. The first-order valence-corrected chi connectivity index (χ1v) is 12.9. The highest BCUT2D eigenvalue weighted by Gasteiger charge is 2.48. The Morgan fingerprint density at radius 2 is 1.95 bits per heavy atom. The van der Waals surface area contributed by atoms with Gasteiger partial charge in [-0.15, -0.1) is 0 Å². The van der Waals surface area contributed by atoms with Crippen LogP contribution in [0.3, 0.4) is 0 Å². The SMILES string of the molecule is Cc1cccnc1C(=O)NC(c1nc2cc(CN3CC(C(F)(F)F)NC3=O)ccc2o1)C(C1CC1)C1CC1. The molecule has 3 fully saturated rings. The van der Waals surface area contributed by atoms with E-state index in [0.717, 1.165) is 36.1 Å². The van der Waals surface area contributed by atoms with Crippen molar-refractivity contribution in [3.05, 3.63) is 59.2 Å². The van der Waals surface area contributed by atoms with Crippen LogP contribution < -0.4 is 10.6 Å². The zero-order chi connectivity index (χ0) is 26.6. The first kappa shape index (κ1) is 24.7. The minimum atomic E-state index is -4.50. The number of carbonyl (C=O) groups excluding carboxylic acids is 2. The van der Waals surface area contributed by atoms with E-state index in [0.29, 0.717) is 40.1 Å². The highest BCUT2D eigenvalue weighted by atomic mass is 19.4. The number of hydrogen-bond donors (Lipinski definition) is 2. The third-order valence-corrected chi connectivity index (χ3v) is 7.72. The van der Waals surface area contributed by atoms with E-state index in [9.17, 15) is 22.8 Å². The van der Waals surface area contributed by atoms with Crippen molar-refractivity contribution in [3.63, 3.8) is 0 Å². The monoisotopic (exact) mass is 527 g/mol. The number of pyridine rings is 1. The van der Waals surface area contributed by atoms with Gasteiger partial charge in [-0.3, -0.25) is 9.78 Å². The minimum absolute atomic E-state index is 0.0163. The standard InChI is InChI=1S/C27H28F3N5O3/c1-14-3-2-10-31-22(14)24(36)34-23(21(16-5-6-16)17-7-8-17)25-32-18-11-15(4-9-19(18)38-25)12-35-13-20(27(28,29)30)33-26(35)37/h2-4,9-11,16-17,20-21,23H,5-8,12-13H2,1H3,(H,33,37)(H,34,36). The average molecular weight is 528 g/mol. The molecule has 8 nitrogen and oxygen atoms in total. The maximum atomic E-state index is 13.3. The van der Waals surface area contributed by atoms with Crippen molar-refractivity contribution in [1.82, 2.24) is 25.5 Å². The third-order valence-electron chi connectivity index (χ3n) is 7.72. The zero-order valence-electron chi connectivity index (χ0n) is 20.8. The molecule has 6 rings (SSSR count). The number of benzene rings is 1. The van der Waals surface area contributed by atoms with Crippen LogP contribution in [0.4, 0.5) is 18.0 Å². The fourth-order valence-corrected chi connectivity index (χ4v) is 5.50. The van der Waals surface area contributed by atoms with E-state index in [1.54, 1.807) is 30.5 Å². The Hall–Kier alpha value is -3.63. The molecule has 2 aliphatic carbocycles. The lowest BCUT2D eigenvalue weighted by molar-refractivity contribution is -0.149. The molecule has 11 heteroatoms. The second-order valence-electron chi connectivity index (χ2n) is 10.7. The number of carbonyl (C=O) groups is 2. The molecule has 0 bridgehead atoms. The predicted octanol–water partition coefficient (Wildman–Crippen LogP) is 4.89. The van der Waals surface area contributed by atoms with E-state index in [4.69, 9.17) is 9.40 Å². The zero-order valence-corrected chi connectivity index (χ0v) is 20.8. The first-order chi connectivity index (χ1) is 18.2. The Morgan fingerprint density at radius 3 is 2.58 bits per heavy atom. The maximum Gasteiger partial charge on any atom is 0.410 e. The van der Waals surface area contributed by atoms with Crippen LogP contribution in [0.15, 0.2) is 40.9 Å². The summed E-state index contributed by atoms with van der Waals surface area (Å²) >= 11 is 0. The summed E-state index contributed by atoms with van der Waals surface area (Å²) in [6.07, 6.45) is 1.53. The Bertz CT molecular complexity index is 1370. The molecule has 1 aromatic carbocycles. The molecule has 1 aliphatic heterocycles. The second-order valence-corrected chi connectivity index (χ2v) is 10.7. The largest absolute Gasteiger partial charge is 0.438 e. The summed E-state index contributed by atoms with van der Waals surface area (Å²) < 4.78 is 45.3. The van der Waals surface area contributed by atoms with E-state index in [1.807, 2.05) is 18.3 Å². The molecule has 2 unspecified atom stereocenters. The van der Waals surface area contributed by atoms with Gasteiger partial charge in [-0.05, 0) is 79.7 Å². The minimum Gasteiger partial charge on any atom is -0.438 e. The fraction of sp³-hybridized carbons (Fsp3) is 0.481. The molecule has 38 heavy (non-hydrogen) atoms. The Labute approximate surface area is 217 Å². The van der Waals surface area contributed by atoms with Crippen molar-refractivity contribution in [2.24, 2.45) is 17.8 Å². The van der Waals surface area contributed by atoms with Gasteiger partial charge in [0, 0.05) is 12.7 Å². The molecule has 0 radical (unpaired) electrons. The number of oxazole rings is 1. The van der Waals surface area contributed by atoms with Crippen LogP contribution in [-0.4, -0.2) is 45.6 Å². The van der Waals surface area contributed by atoms with Crippen molar-refractivity contribution in [3.8, 4) is 0 Å². The summed E-state index contributed by atoms with van der Waals surface area (Å²) in [4.78, 5) is 35.5. The van der Waals surface area contributed by atoms with Gasteiger partial charge in [-0.2, -0.15) is 13.2 Å². The molecule has 0 spiro atoms. The van der Waals surface area contributed by atoms with Crippen LogP contribution in [0.25, 0.3) is 11.1 Å². The van der Waals surface area contributed by atoms with Gasteiger partial charge >= 0.3 is 12.2 Å². The van der Waals surface area contributed by atoms with Gasteiger partial charge in [-0.1, -0.05) is 12.1 Å². The lowest BCUT2D eigenvalue weighted by Crippen LogP contribution is -2.40. The number of rotatable bonds is 8. The number of nitrogens with zero attached hydrogens (tertiary/aromatic N) is 3. The Balaban J connectivity index is 1.27. The van der Waals surface area contributed by atoms with Crippen molar-refractivity contribution < 1.29 is 27.2 Å². The van der Waals surface area contributed by atoms with Crippen LogP contribution in [0.1, 0.15) is 59.2 Å². The number of fused-ring (bicyclic) bond motifs is 1. The summed E-state index contributed by atoms with van der Waals surface area (Å²) in [5.74, 6) is 1.35. The van der Waals surface area contributed by atoms with Crippen molar-refractivity contribution >= 4 is 23.0 Å². The molecule has 200 valence electrons. The van der Waals surface area contributed by atoms with Gasteiger partial charge in [0.25, 0.3) is 5.91 Å². The number of hydrogen-bond acceptors (Lipinski definition) is 5. The number of aromatic nitrogens is 2. The summed E-state index contributed by atoms with van der Waals surface area (Å²) in [6.45, 7) is 1.41. The predicted molar refractivity (Wildman–Crippen MR) is 131 cm³/mol. The number of alkyl halides is 3. The normalized spacial score (nSPS) is 20.7. The van der Waals surface area contributed by atoms with E-state index >= 15 is 0 Å². The van der Waals surface area contributed by atoms with E-state index in [-0.39, 0.29) is 18.4 Å². The van der Waals surface area contributed by atoms with Gasteiger partial charge < -0.3 is 20.0 Å². The van der Waals surface area contributed by atoms with Crippen LogP contribution in [0, 0.1) is 24.7 Å². The number of urea groups is 1. The average Bonchev–Trinajstić information content (AvgIpc) is 3.80. The first-order valence-electron chi connectivity index (χ1n) is 12.9. The van der Waals surface area contributed by atoms with E-state index in [1.165, 1.54) is 0 Å². The third kappa shape index (κ3) is 4.93. The Morgan fingerprint density at radius 1 is 1.21 bits per heavy atom. The van der Waals surface area contributed by atoms with Crippen molar-refractivity contribution in [1.29, 1.82) is 0 Å². The second kappa shape index (κ2) is 9.28. The van der Waals surface area contributed by atoms with Gasteiger partial charge in [0.2, 0.25) is 5.89 Å². The number of aryl methyl sites for hydroxylation is 1. The van der Waals surface area contributed by atoms with Gasteiger partial charge in [0.1, 0.15) is 23.3 Å². The molecule has 1 saturated heterocycles. The number of amides is 3. The highest BCUT2D eigenvalue weighted by molar-refractivity contribution is 5.93. The van der Waals surface area contributed by atoms with Crippen LogP contribution in [0.5, 0.6) is 0 Å². The summed E-state index contributed by atoms with van der Waals surface area (Å²) in [5, 5.41) is 5.15. The maximum absolute atomic E-state index is 13.3. The summed E-state index contributed by atoms with van der Waals surface area (Å²) in [7, 11) is 0. The topological polar surface area (TPSA) is 100 Å². The molecular weight excluding hydrogens is 499 g/mol. The van der Waals surface area contributed by atoms with E-state index in [2.05, 4.69) is 10.3 Å². The van der Waals surface area contributed by atoms with Crippen molar-refractivity contribution in [2.45, 2.75) is 57.4 Å². The van der Waals surface area contributed by atoms with E-state index < -0.39 is 30.8 Å². The highest BCUT2D eigenvalue weighted by Crippen LogP contribution is 2.54. The van der Waals surface area contributed by atoms with Crippen LogP contribution in [-0.2, 0) is 6.54 Å². The smallest absolute Gasteiger partial charge is 0.410 e. The quantitative estimate of drug-likeness (QED) is 0.434. The van der Waals surface area contributed by atoms with Crippen molar-refractivity contribution in [2.75, 3.05) is 6.54 Å². The molecule has 2 N–H and O–H groups in total. The molecule has 3 aromatic rings. The van der Waals surface area contributed by atoms with Gasteiger partial charge in [-0.25, -0.2) is 9.78 Å². The van der Waals surface area contributed by atoms with Crippen LogP contribution in [0.2, 0.25) is 0 Å².